The van der Waals surface area contributed by atoms with Crippen LogP contribution in [-0.4, -0.2) is 10.5 Å². The molecule has 0 radical (unpaired) electrons. The summed E-state index contributed by atoms with van der Waals surface area (Å²) in [5.74, 6) is 0.820. The van der Waals surface area contributed by atoms with E-state index in [4.69, 9.17) is 5.53 Å². The molecule has 2 aliphatic rings. The topological polar surface area (TPSA) is 36.4 Å². The quantitative estimate of drug-likeness (QED) is 0.373. The Morgan fingerprint density at radius 3 is 3.09 bits per heavy atom. The average Bonchev–Trinajstić information content (AvgIpc) is 2.50. The number of allylic oxidation sites excluding steroid dienone is 2. The van der Waals surface area contributed by atoms with Crippen LogP contribution in [-0.2, 0) is 0 Å². The summed E-state index contributed by atoms with van der Waals surface area (Å²) >= 11 is 0. The predicted molar refractivity (Wildman–Crippen MR) is 43.3 cm³/mol. The first-order valence-electron chi connectivity index (χ1n) is 4.31. The van der Waals surface area contributed by atoms with Crippen LogP contribution in [0.2, 0.25) is 0 Å². The van der Waals surface area contributed by atoms with E-state index in [-0.39, 0.29) is 0 Å². The number of hydrogen-bond acceptors (Lipinski definition) is 0. The van der Waals surface area contributed by atoms with E-state index in [1.54, 1.807) is 0 Å². The highest BCUT2D eigenvalue weighted by Crippen LogP contribution is 2.36. The van der Waals surface area contributed by atoms with Crippen LogP contribution in [0.5, 0.6) is 0 Å². The molecule has 0 amide bonds. The van der Waals surface area contributed by atoms with Gasteiger partial charge in [-0.2, -0.15) is 4.79 Å². The van der Waals surface area contributed by atoms with Crippen LogP contribution in [0.4, 0.5) is 0 Å². The Balaban J connectivity index is 2.28. The molecule has 2 heteroatoms. The zero-order chi connectivity index (χ0) is 7.68. The van der Waals surface area contributed by atoms with Gasteiger partial charge in [-0.25, -0.2) is 0 Å². The molecule has 1 atom stereocenters. The molecule has 0 saturated heterocycles. The van der Waals surface area contributed by atoms with Crippen molar-refractivity contribution in [2.24, 2.45) is 5.92 Å². The smallest absolute Gasteiger partial charge is 0.292 e. The Morgan fingerprint density at radius 1 is 1.36 bits per heavy atom. The minimum absolute atomic E-state index is 0.820. The molecule has 2 rings (SSSR count). The molecule has 0 aliphatic heterocycles. The summed E-state index contributed by atoms with van der Waals surface area (Å²) in [5.41, 5.74) is 10.9. The van der Waals surface area contributed by atoms with Crippen molar-refractivity contribution >= 4 is 5.71 Å². The largest absolute Gasteiger partial charge is 0.361 e. The van der Waals surface area contributed by atoms with Crippen molar-refractivity contribution in [3.63, 3.8) is 0 Å². The summed E-state index contributed by atoms with van der Waals surface area (Å²) in [4.78, 5) is 3.25. The maximum Gasteiger partial charge on any atom is 0.292 e. The Kier molecular flexibility index (Phi) is 1.63. The summed E-state index contributed by atoms with van der Waals surface area (Å²) in [7, 11) is 0. The highest BCUT2D eigenvalue weighted by molar-refractivity contribution is 5.91. The van der Waals surface area contributed by atoms with E-state index < -0.39 is 0 Å². The lowest BCUT2D eigenvalue weighted by atomic mass is 9.89. The number of rotatable bonds is 0. The second-order valence-electron chi connectivity index (χ2n) is 3.44. The lowest BCUT2D eigenvalue weighted by Gasteiger charge is -2.13. The van der Waals surface area contributed by atoms with Gasteiger partial charge in [-0.15, -0.1) is 0 Å². The van der Waals surface area contributed by atoms with Gasteiger partial charge >= 0.3 is 0 Å². The monoisotopic (exact) mass is 148 g/mol. The van der Waals surface area contributed by atoms with Crippen LogP contribution in [0.1, 0.15) is 32.1 Å². The number of hydrogen-bond donors (Lipinski definition) is 0. The van der Waals surface area contributed by atoms with Crippen molar-refractivity contribution < 1.29 is 4.79 Å². The van der Waals surface area contributed by atoms with Crippen LogP contribution >= 0.6 is 0 Å². The summed E-state index contributed by atoms with van der Waals surface area (Å²) in [6.45, 7) is 0. The van der Waals surface area contributed by atoms with Gasteiger partial charge in [0.05, 0.1) is 0 Å². The fraction of sp³-hybridized carbons (Fsp3) is 0.667. The zero-order valence-corrected chi connectivity index (χ0v) is 6.58. The molecule has 0 spiro atoms. The van der Waals surface area contributed by atoms with Crippen molar-refractivity contribution in [1.82, 2.24) is 0 Å². The SMILES string of the molecule is [N-]=[N+]=C1C=C2CCCC2CC1. The van der Waals surface area contributed by atoms with E-state index in [0.29, 0.717) is 0 Å². The summed E-state index contributed by atoms with van der Waals surface area (Å²) in [6, 6.07) is 0. The van der Waals surface area contributed by atoms with Gasteiger partial charge in [0.1, 0.15) is 0 Å². The Bertz CT molecular complexity index is 246. The molecular formula is C9H12N2. The molecule has 0 bridgehead atoms. The maximum atomic E-state index is 8.55. The van der Waals surface area contributed by atoms with Crippen molar-refractivity contribution in [3.8, 4) is 0 Å². The van der Waals surface area contributed by atoms with Crippen LogP contribution < -0.4 is 0 Å². The van der Waals surface area contributed by atoms with Gasteiger partial charge < -0.3 is 5.53 Å². The van der Waals surface area contributed by atoms with Crippen molar-refractivity contribution in [2.75, 3.05) is 0 Å². The first-order chi connectivity index (χ1) is 5.40. The van der Waals surface area contributed by atoms with Crippen molar-refractivity contribution in [2.45, 2.75) is 32.1 Å². The molecule has 11 heavy (non-hydrogen) atoms. The van der Waals surface area contributed by atoms with Crippen molar-refractivity contribution in [3.05, 3.63) is 17.2 Å². The molecule has 58 valence electrons. The van der Waals surface area contributed by atoms with Crippen molar-refractivity contribution in [1.29, 1.82) is 0 Å². The Hall–Kier alpha value is -0.880. The Morgan fingerprint density at radius 2 is 2.27 bits per heavy atom. The maximum absolute atomic E-state index is 8.55. The fourth-order valence-corrected chi connectivity index (χ4v) is 2.15. The van der Waals surface area contributed by atoms with E-state index in [2.05, 4.69) is 10.9 Å². The van der Waals surface area contributed by atoms with Gasteiger partial charge in [0.2, 0.25) is 0 Å². The van der Waals surface area contributed by atoms with Gasteiger partial charge in [-0.3, -0.25) is 0 Å². The molecule has 0 heterocycles. The number of fused-ring (bicyclic) bond motifs is 1. The highest BCUT2D eigenvalue weighted by Gasteiger charge is 2.27. The molecule has 0 N–H and O–H groups in total. The molecule has 1 fully saturated rings. The predicted octanol–water partition coefficient (Wildman–Crippen LogP) is 2.18. The zero-order valence-electron chi connectivity index (χ0n) is 6.58. The van der Waals surface area contributed by atoms with Crippen LogP contribution in [0, 0.1) is 5.92 Å². The molecule has 0 aromatic rings. The molecule has 1 unspecified atom stereocenters. The van der Waals surface area contributed by atoms with Gasteiger partial charge in [-0.05, 0) is 31.6 Å². The second kappa shape index (κ2) is 2.63. The summed E-state index contributed by atoms with van der Waals surface area (Å²) in [6.07, 6.45) is 8.15. The van der Waals surface area contributed by atoms with Gasteiger partial charge in [0, 0.05) is 12.5 Å². The van der Waals surface area contributed by atoms with E-state index in [0.717, 1.165) is 18.1 Å². The first-order valence-corrected chi connectivity index (χ1v) is 4.31. The van der Waals surface area contributed by atoms with Crippen LogP contribution in [0.25, 0.3) is 5.53 Å². The van der Waals surface area contributed by atoms with E-state index >= 15 is 0 Å². The molecule has 0 aromatic carbocycles. The third-order valence-electron chi connectivity index (χ3n) is 2.77. The van der Waals surface area contributed by atoms with E-state index in [1.807, 2.05) is 0 Å². The summed E-state index contributed by atoms with van der Waals surface area (Å²) in [5, 5.41) is 0. The van der Waals surface area contributed by atoms with E-state index in [9.17, 15) is 0 Å². The van der Waals surface area contributed by atoms with Crippen LogP contribution in [0.3, 0.4) is 0 Å². The third-order valence-corrected chi connectivity index (χ3v) is 2.77. The van der Waals surface area contributed by atoms with Gasteiger partial charge in [0.25, 0.3) is 5.71 Å². The molecule has 1 saturated carbocycles. The molecular weight excluding hydrogens is 136 g/mol. The normalized spacial score (nSPS) is 29.3. The standard InChI is InChI=1S/C9H12N2/c10-11-9-5-4-7-2-1-3-8(7)6-9/h6-7H,1-5H2. The lowest BCUT2D eigenvalue weighted by Crippen LogP contribution is -2.10. The average molecular weight is 148 g/mol. The minimum atomic E-state index is 0.820. The second-order valence-corrected chi connectivity index (χ2v) is 3.44. The summed E-state index contributed by atoms with van der Waals surface area (Å²) < 4.78 is 0. The first kappa shape index (κ1) is 6.81. The molecule has 2 nitrogen and oxygen atoms in total. The van der Waals surface area contributed by atoms with Crippen LogP contribution in [0.15, 0.2) is 11.6 Å². The van der Waals surface area contributed by atoms with Gasteiger partial charge in [0.15, 0.2) is 0 Å². The highest BCUT2D eigenvalue weighted by atomic mass is 14.9. The molecule has 0 aromatic heterocycles. The number of nitrogens with zero attached hydrogens (tertiary/aromatic N) is 2. The fourth-order valence-electron chi connectivity index (χ4n) is 2.15. The molecule has 2 aliphatic carbocycles. The van der Waals surface area contributed by atoms with E-state index in [1.165, 1.54) is 31.3 Å². The third kappa shape index (κ3) is 1.14. The van der Waals surface area contributed by atoms with Gasteiger partial charge in [-0.1, -0.05) is 5.57 Å². The Labute approximate surface area is 66.5 Å². The minimum Gasteiger partial charge on any atom is -0.361 e. The lowest BCUT2D eigenvalue weighted by molar-refractivity contribution is -0.00723.